The van der Waals surface area contributed by atoms with Crippen LogP contribution in [0.5, 0.6) is 5.75 Å². The summed E-state index contributed by atoms with van der Waals surface area (Å²) >= 11 is 6.37. The van der Waals surface area contributed by atoms with Crippen LogP contribution in [-0.2, 0) is 4.74 Å². The first-order chi connectivity index (χ1) is 10.3. The minimum atomic E-state index is -0.680. The van der Waals surface area contributed by atoms with Crippen LogP contribution in [0.3, 0.4) is 0 Å². The van der Waals surface area contributed by atoms with E-state index in [1.54, 1.807) is 19.1 Å². The van der Waals surface area contributed by atoms with Gasteiger partial charge < -0.3 is 9.84 Å². The Balaban J connectivity index is 2.91. The number of nitrogens with one attached hydrogen (secondary N) is 1. The minimum Gasteiger partial charge on any atom is -0.507 e. The number of phenols is 1. The summed E-state index contributed by atoms with van der Waals surface area (Å²) in [6.45, 7) is 9.46. The molecular weight excluding hydrogens is 302 g/mol. The van der Waals surface area contributed by atoms with Crippen LogP contribution in [0.2, 0.25) is 0 Å². The highest BCUT2D eigenvalue weighted by Gasteiger charge is 2.37. The standard InChI is InChI=1S/C17H26ClNO3/c1-6-14(18)17(7-2,8-3)22-16(21)19-13-10-9-11(4)15(20)12(13)5/h9-10,14,20H,6-8H2,1-5H3,(H,19,21). The van der Waals surface area contributed by atoms with Crippen molar-refractivity contribution in [3.05, 3.63) is 23.3 Å². The molecule has 124 valence electrons. The Bertz CT molecular complexity index is 527. The molecule has 0 aliphatic carbocycles. The van der Waals surface area contributed by atoms with E-state index in [4.69, 9.17) is 16.3 Å². The second-order valence-corrected chi connectivity index (χ2v) is 6.09. The van der Waals surface area contributed by atoms with E-state index in [2.05, 4.69) is 5.32 Å². The van der Waals surface area contributed by atoms with Crippen molar-refractivity contribution in [2.75, 3.05) is 5.32 Å². The highest BCUT2D eigenvalue weighted by molar-refractivity contribution is 6.21. The molecule has 0 heterocycles. The molecule has 0 aliphatic heterocycles. The largest absolute Gasteiger partial charge is 0.507 e. The summed E-state index contributed by atoms with van der Waals surface area (Å²) in [5.74, 6) is 0.179. The number of aromatic hydroxyl groups is 1. The summed E-state index contributed by atoms with van der Waals surface area (Å²) in [6.07, 6.45) is 1.48. The number of rotatable bonds is 6. The van der Waals surface area contributed by atoms with Crippen LogP contribution in [0.4, 0.5) is 10.5 Å². The summed E-state index contributed by atoms with van der Waals surface area (Å²) < 4.78 is 5.65. The Labute approximate surface area is 137 Å². The SMILES string of the molecule is CCC(Cl)C(CC)(CC)OC(=O)Nc1ccc(C)c(O)c1C. The molecule has 0 fully saturated rings. The first-order valence-electron chi connectivity index (χ1n) is 7.74. The maximum absolute atomic E-state index is 12.2. The van der Waals surface area contributed by atoms with E-state index in [-0.39, 0.29) is 11.1 Å². The number of carbonyl (C=O) groups is 1. The topological polar surface area (TPSA) is 58.6 Å². The molecular formula is C17H26ClNO3. The second-order valence-electron chi connectivity index (χ2n) is 5.57. The number of hydrogen-bond acceptors (Lipinski definition) is 3. The van der Waals surface area contributed by atoms with Crippen molar-refractivity contribution in [2.24, 2.45) is 0 Å². The maximum atomic E-state index is 12.2. The molecule has 5 heteroatoms. The summed E-state index contributed by atoms with van der Waals surface area (Å²) in [6, 6.07) is 3.50. The van der Waals surface area contributed by atoms with Gasteiger partial charge >= 0.3 is 6.09 Å². The number of carbonyl (C=O) groups excluding carboxylic acids is 1. The van der Waals surface area contributed by atoms with Crippen LogP contribution in [0.15, 0.2) is 12.1 Å². The summed E-state index contributed by atoms with van der Waals surface area (Å²) in [7, 11) is 0. The van der Waals surface area contributed by atoms with E-state index in [9.17, 15) is 9.90 Å². The van der Waals surface area contributed by atoms with Crippen molar-refractivity contribution in [2.45, 2.75) is 64.9 Å². The first-order valence-corrected chi connectivity index (χ1v) is 8.18. The molecule has 0 radical (unpaired) electrons. The summed E-state index contributed by atoms with van der Waals surface area (Å²) in [4.78, 5) is 12.2. The number of benzene rings is 1. The quantitative estimate of drug-likeness (QED) is 0.712. The third-order valence-electron chi connectivity index (χ3n) is 4.29. The smallest absolute Gasteiger partial charge is 0.412 e. The molecule has 1 aromatic rings. The Morgan fingerprint density at radius 1 is 1.32 bits per heavy atom. The molecule has 1 aromatic carbocycles. The van der Waals surface area contributed by atoms with Gasteiger partial charge in [0.1, 0.15) is 11.4 Å². The number of amides is 1. The van der Waals surface area contributed by atoms with Crippen LogP contribution >= 0.6 is 11.6 Å². The number of halogens is 1. The van der Waals surface area contributed by atoms with E-state index in [0.29, 0.717) is 24.1 Å². The van der Waals surface area contributed by atoms with Gasteiger partial charge in [-0.1, -0.05) is 26.8 Å². The van der Waals surface area contributed by atoms with E-state index < -0.39 is 11.7 Å². The fourth-order valence-corrected chi connectivity index (χ4v) is 2.92. The molecule has 0 bridgehead atoms. The number of hydrogen-bond donors (Lipinski definition) is 2. The monoisotopic (exact) mass is 327 g/mol. The number of phenolic OH excluding ortho intramolecular Hbond substituents is 1. The average molecular weight is 328 g/mol. The van der Waals surface area contributed by atoms with Crippen molar-refractivity contribution in [1.82, 2.24) is 0 Å². The fourth-order valence-electron chi connectivity index (χ4n) is 2.56. The van der Waals surface area contributed by atoms with Crippen molar-refractivity contribution in [1.29, 1.82) is 0 Å². The molecule has 0 aromatic heterocycles. The van der Waals surface area contributed by atoms with Crippen molar-refractivity contribution < 1.29 is 14.6 Å². The Kier molecular flexibility index (Phi) is 6.54. The molecule has 0 saturated heterocycles. The Morgan fingerprint density at radius 3 is 2.41 bits per heavy atom. The van der Waals surface area contributed by atoms with Crippen LogP contribution < -0.4 is 5.32 Å². The van der Waals surface area contributed by atoms with Crippen LogP contribution in [0.1, 0.15) is 51.2 Å². The van der Waals surface area contributed by atoms with E-state index >= 15 is 0 Å². The van der Waals surface area contributed by atoms with E-state index in [1.165, 1.54) is 0 Å². The van der Waals surface area contributed by atoms with Gasteiger partial charge in [0.2, 0.25) is 0 Å². The van der Waals surface area contributed by atoms with Crippen LogP contribution in [0.25, 0.3) is 0 Å². The van der Waals surface area contributed by atoms with Gasteiger partial charge in [0, 0.05) is 5.56 Å². The van der Waals surface area contributed by atoms with E-state index in [0.717, 1.165) is 12.0 Å². The lowest BCUT2D eigenvalue weighted by Gasteiger charge is -2.35. The van der Waals surface area contributed by atoms with Gasteiger partial charge in [0.05, 0.1) is 11.1 Å². The molecule has 1 rings (SSSR count). The van der Waals surface area contributed by atoms with Gasteiger partial charge in [-0.25, -0.2) is 4.79 Å². The zero-order chi connectivity index (χ0) is 16.9. The normalized spacial score (nSPS) is 12.8. The lowest BCUT2D eigenvalue weighted by molar-refractivity contribution is 0.00867. The van der Waals surface area contributed by atoms with Gasteiger partial charge in [0.25, 0.3) is 0 Å². The fraction of sp³-hybridized carbons (Fsp3) is 0.588. The van der Waals surface area contributed by atoms with Gasteiger partial charge in [-0.3, -0.25) is 5.32 Å². The first kappa shape index (κ1) is 18.6. The van der Waals surface area contributed by atoms with E-state index in [1.807, 2.05) is 27.7 Å². The van der Waals surface area contributed by atoms with Crippen molar-refractivity contribution >= 4 is 23.4 Å². The van der Waals surface area contributed by atoms with Crippen LogP contribution in [-0.4, -0.2) is 22.2 Å². The highest BCUT2D eigenvalue weighted by Crippen LogP contribution is 2.32. The summed E-state index contributed by atoms with van der Waals surface area (Å²) in [5, 5.41) is 12.4. The lowest BCUT2D eigenvalue weighted by Crippen LogP contribution is -2.43. The predicted molar refractivity (Wildman–Crippen MR) is 90.9 cm³/mol. The third kappa shape index (κ3) is 3.86. The summed E-state index contributed by atoms with van der Waals surface area (Å²) in [5.41, 5.74) is 1.24. The van der Waals surface area contributed by atoms with Crippen molar-refractivity contribution in [3.8, 4) is 5.75 Å². The average Bonchev–Trinajstić information content (AvgIpc) is 2.52. The van der Waals surface area contributed by atoms with Gasteiger partial charge in [-0.05, 0) is 44.7 Å². The maximum Gasteiger partial charge on any atom is 0.412 e. The molecule has 0 saturated carbocycles. The number of anilines is 1. The molecule has 4 nitrogen and oxygen atoms in total. The molecule has 2 N–H and O–H groups in total. The number of alkyl halides is 1. The Hall–Kier alpha value is -1.42. The zero-order valence-electron chi connectivity index (χ0n) is 14.0. The second kappa shape index (κ2) is 7.73. The number of ether oxygens (including phenoxy) is 1. The number of aryl methyl sites for hydroxylation is 1. The molecule has 1 unspecified atom stereocenters. The highest BCUT2D eigenvalue weighted by atomic mass is 35.5. The molecule has 0 spiro atoms. The predicted octanol–water partition coefficient (Wildman–Crippen LogP) is 5.13. The lowest BCUT2D eigenvalue weighted by atomic mass is 9.91. The molecule has 1 amide bonds. The molecule has 22 heavy (non-hydrogen) atoms. The van der Waals surface area contributed by atoms with Gasteiger partial charge in [-0.2, -0.15) is 0 Å². The molecule has 1 atom stereocenters. The van der Waals surface area contributed by atoms with Gasteiger partial charge in [-0.15, -0.1) is 11.6 Å². The zero-order valence-corrected chi connectivity index (χ0v) is 14.8. The van der Waals surface area contributed by atoms with Gasteiger partial charge in [0.15, 0.2) is 0 Å². The van der Waals surface area contributed by atoms with Crippen molar-refractivity contribution in [3.63, 3.8) is 0 Å². The Morgan fingerprint density at radius 2 is 1.91 bits per heavy atom. The molecule has 0 aliphatic rings. The minimum absolute atomic E-state index is 0.179. The van der Waals surface area contributed by atoms with Crippen LogP contribution in [0, 0.1) is 13.8 Å². The third-order valence-corrected chi connectivity index (χ3v) is 5.00.